The molecular formula is C15H15ClN2. The molecule has 0 atom stereocenters. The second-order valence-corrected chi connectivity index (χ2v) is 5.32. The van der Waals surface area contributed by atoms with Gasteiger partial charge in [-0.05, 0) is 48.9 Å². The van der Waals surface area contributed by atoms with Gasteiger partial charge in [-0.25, -0.2) is 9.97 Å². The van der Waals surface area contributed by atoms with E-state index in [1.54, 1.807) is 0 Å². The molecule has 1 aliphatic carbocycles. The van der Waals surface area contributed by atoms with Gasteiger partial charge >= 0.3 is 0 Å². The van der Waals surface area contributed by atoms with E-state index in [-0.39, 0.29) is 0 Å². The van der Waals surface area contributed by atoms with Crippen LogP contribution in [0.25, 0.3) is 0 Å². The van der Waals surface area contributed by atoms with Gasteiger partial charge in [0.15, 0.2) is 0 Å². The zero-order valence-corrected chi connectivity index (χ0v) is 11.1. The first-order valence-corrected chi connectivity index (χ1v) is 6.66. The van der Waals surface area contributed by atoms with Gasteiger partial charge in [-0.15, -0.1) is 0 Å². The van der Waals surface area contributed by atoms with Crippen molar-refractivity contribution in [1.29, 1.82) is 0 Å². The lowest BCUT2D eigenvalue weighted by molar-refractivity contribution is 0.344. The Bertz CT molecular complexity index is 527. The van der Waals surface area contributed by atoms with Crippen LogP contribution in [0.5, 0.6) is 0 Å². The van der Waals surface area contributed by atoms with Crippen LogP contribution in [0.4, 0.5) is 0 Å². The summed E-state index contributed by atoms with van der Waals surface area (Å²) < 4.78 is 0. The van der Waals surface area contributed by atoms with Crippen LogP contribution in [0.15, 0.2) is 36.4 Å². The summed E-state index contributed by atoms with van der Waals surface area (Å²) in [6, 6.07) is 12.7. The van der Waals surface area contributed by atoms with Crippen LogP contribution in [0.2, 0.25) is 5.28 Å². The van der Waals surface area contributed by atoms with Gasteiger partial charge in [0.2, 0.25) is 5.28 Å². The second kappa shape index (κ2) is 4.69. The van der Waals surface area contributed by atoms with Crippen molar-refractivity contribution >= 4 is 11.6 Å². The first-order chi connectivity index (χ1) is 8.72. The Labute approximate surface area is 112 Å². The SMILES string of the molecule is Cc1cc(C2CC(c3ccccc3)C2)nc(Cl)n1. The average Bonchev–Trinajstić information content (AvgIpc) is 2.27. The summed E-state index contributed by atoms with van der Waals surface area (Å²) in [5.41, 5.74) is 3.48. The number of hydrogen-bond donors (Lipinski definition) is 0. The maximum Gasteiger partial charge on any atom is 0.222 e. The molecule has 3 heteroatoms. The molecule has 1 aromatic carbocycles. The predicted octanol–water partition coefficient (Wildman–Crippen LogP) is 4.10. The maximum absolute atomic E-state index is 5.91. The van der Waals surface area contributed by atoms with Crippen LogP contribution in [-0.4, -0.2) is 9.97 Å². The van der Waals surface area contributed by atoms with E-state index < -0.39 is 0 Å². The second-order valence-electron chi connectivity index (χ2n) is 4.98. The molecule has 92 valence electrons. The highest BCUT2D eigenvalue weighted by atomic mass is 35.5. The topological polar surface area (TPSA) is 25.8 Å². The quantitative estimate of drug-likeness (QED) is 0.758. The molecule has 1 saturated carbocycles. The Hall–Kier alpha value is -1.41. The lowest BCUT2D eigenvalue weighted by Gasteiger charge is -2.35. The zero-order valence-electron chi connectivity index (χ0n) is 10.3. The first kappa shape index (κ1) is 11.7. The van der Waals surface area contributed by atoms with E-state index in [0.717, 1.165) is 24.2 Å². The minimum atomic E-state index is 0.369. The van der Waals surface area contributed by atoms with E-state index >= 15 is 0 Å². The summed E-state index contributed by atoms with van der Waals surface area (Å²) in [6.45, 7) is 1.96. The summed E-state index contributed by atoms with van der Waals surface area (Å²) in [5, 5.41) is 0.369. The summed E-state index contributed by atoms with van der Waals surface area (Å²) in [7, 11) is 0. The van der Waals surface area contributed by atoms with E-state index in [0.29, 0.717) is 17.1 Å². The highest BCUT2D eigenvalue weighted by molar-refractivity contribution is 6.28. The molecule has 1 heterocycles. The molecule has 1 aromatic heterocycles. The van der Waals surface area contributed by atoms with Crippen molar-refractivity contribution in [3.63, 3.8) is 0 Å². The van der Waals surface area contributed by atoms with Gasteiger partial charge in [-0.1, -0.05) is 30.3 Å². The van der Waals surface area contributed by atoms with Crippen LogP contribution in [-0.2, 0) is 0 Å². The number of rotatable bonds is 2. The molecule has 1 fully saturated rings. The standard InChI is InChI=1S/C15H15ClN2/c1-10-7-14(18-15(16)17-10)13-8-12(9-13)11-5-3-2-4-6-11/h2-7,12-13H,8-9H2,1H3. The van der Waals surface area contributed by atoms with Crippen LogP contribution < -0.4 is 0 Å². The fourth-order valence-corrected chi connectivity index (χ4v) is 2.85. The Balaban J connectivity index is 1.72. The van der Waals surface area contributed by atoms with Gasteiger partial charge in [-0.3, -0.25) is 0 Å². The number of nitrogens with zero attached hydrogens (tertiary/aromatic N) is 2. The molecule has 0 amide bonds. The van der Waals surface area contributed by atoms with Crippen LogP contribution in [0.3, 0.4) is 0 Å². The van der Waals surface area contributed by atoms with Gasteiger partial charge in [0, 0.05) is 17.3 Å². The minimum Gasteiger partial charge on any atom is -0.223 e. The normalized spacial score (nSPS) is 22.6. The van der Waals surface area contributed by atoms with E-state index in [9.17, 15) is 0 Å². The van der Waals surface area contributed by atoms with Gasteiger partial charge in [0.1, 0.15) is 0 Å². The van der Waals surface area contributed by atoms with Gasteiger partial charge in [0.05, 0.1) is 0 Å². The molecule has 2 nitrogen and oxygen atoms in total. The number of hydrogen-bond acceptors (Lipinski definition) is 2. The maximum atomic E-state index is 5.91. The van der Waals surface area contributed by atoms with Crippen LogP contribution in [0, 0.1) is 6.92 Å². The molecule has 0 aliphatic heterocycles. The lowest BCUT2D eigenvalue weighted by atomic mass is 9.70. The van der Waals surface area contributed by atoms with Crippen LogP contribution in [0.1, 0.15) is 41.6 Å². The number of aryl methyl sites for hydroxylation is 1. The molecule has 0 radical (unpaired) electrons. The summed E-state index contributed by atoms with van der Waals surface area (Å²) >= 11 is 5.91. The van der Waals surface area contributed by atoms with Crippen molar-refractivity contribution in [2.45, 2.75) is 31.6 Å². The van der Waals surface area contributed by atoms with E-state index in [1.807, 2.05) is 6.92 Å². The number of aromatic nitrogens is 2. The minimum absolute atomic E-state index is 0.369. The molecule has 18 heavy (non-hydrogen) atoms. The van der Waals surface area contributed by atoms with Gasteiger partial charge < -0.3 is 0 Å². The van der Waals surface area contributed by atoms with E-state index in [2.05, 4.69) is 46.4 Å². The molecule has 0 saturated heterocycles. The molecule has 1 aliphatic rings. The van der Waals surface area contributed by atoms with Crippen molar-refractivity contribution in [2.75, 3.05) is 0 Å². The Morgan fingerprint density at radius 2 is 1.78 bits per heavy atom. The predicted molar refractivity (Wildman–Crippen MR) is 72.9 cm³/mol. The monoisotopic (exact) mass is 258 g/mol. The van der Waals surface area contributed by atoms with Crippen molar-refractivity contribution in [3.05, 3.63) is 58.6 Å². The lowest BCUT2D eigenvalue weighted by Crippen LogP contribution is -2.21. The largest absolute Gasteiger partial charge is 0.223 e. The van der Waals surface area contributed by atoms with E-state index in [4.69, 9.17) is 11.6 Å². The molecule has 0 spiro atoms. The van der Waals surface area contributed by atoms with Crippen molar-refractivity contribution in [2.24, 2.45) is 0 Å². The number of benzene rings is 1. The van der Waals surface area contributed by atoms with Crippen LogP contribution >= 0.6 is 11.6 Å². The van der Waals surface area contributed by atoms with Gasteiger partial charge in [-0.2, -0.15) is 0 Å². The molecular weight excluding hydrogens is 244 g/mol. The zero-order chi connectivity index (χ0) is 12.5. The number of halogens is 1. The third-order valence-corrected chi connectivity index (χ3v) is 3.84. The van der Waals surface area contributed by atoms with Crippen molar-refractivity contribution < 1.29 is 0 Å². The van der Waals surface area contributed by atoms with E-state index in [1.165, 1.54) is 5.56 Å². The molecule has 0 unspecified atom stereocenters. The highest BCUT2D eigenvalue weighted by Crippen LogP contribution is 2.46. The third kappa shape index (κ3) is 2.25. The molecule has 0 N–H and O–H groups in total. The summed E-state index contributed by atoms with van der Waals surface area (Å²) in [6.07, 6.45) is 2.33. The Morgan fingerprint density at radius 3 is 2.44 bits per heavy atom. The summed E-state index contributed by atoms with van der Waals surface area (Å²) in [4.78, 5) is 8.45. The average molecular weight is 259 g/mol. The van der Waals surface area contributed by atoms with Crippen molar-refractivity contribution in [3.8, 4) is 0 Å². The summed E-state index contributed by atoms with van der Waals surface area (Å²) in [5.74, 6) is 1.21. The molecule has 2 aromatic rings. The Kier molecular flexibility index (Phi) is 3.04. The molecule has 0 bridgehead atoms. The fraction of sp³-hybridized carbons (Fsp3) is 0.333. The smallest absolute Gasteiger partial charge is 0.222 e. The van der Waals surface area contributed by atoms with Gasteiger partial charge in [0.25, 0.3) is 0 Å². The molecule has 3 rings (SSSR count). The first-order valence-electron chi connectivity index (χ1n) is 6.28. The Morgan fingerprint density at radius 1 is 1.06 bits per heavy atom. The third-order valence-electron chi connectivity index (χ3n) is 3.67. The highest BCUT2D eigenvalue weighted by Gasteiger charge is 2.32. The van der Waals surface area contributed by atoms with Crippen molar-refractivity contribution in [1.82, 2.24) is 9.97 Å². The fourth-order valence-electron chi connectivity index (χ4n) is 2.62.